The van der Waals surface area contributed by atoms with Gasteiger partial charge in [-0.1, -0.05) is 0 Å². The lowest BCUT2D eigenvalue weighted by Gasteiger charge is -2.32. The molecule has 1 saturated heterocycles. The molecule has 1 amide bonds. The first-order valence-electron chi connectivity index (χ1n) is 9.87. The van der Waals surface area contributed by atoms with E-state index in [-0.39, 0.29) is 18.4 Å². The molecule has 1 unspecified atom stereocenters. The monoisotopic (exact) mass is 441 g/mol. The lowest BCUT2D eigenvalue weighted by atomic mass is 10.1. The van der Waals surface area contributed by atoms with Gasteiger partial charge in [-0.05, 0) is 18.2 Å². The second-order valence-electron chi connectivity index (χ2n) is 7.35. The van der Waals surface area contributed by atoms with Crippen LogP contribution in [0.4, 0.5) is 27.7 Å². The summed E-state index contributed by atoms with van der Waals surface area (Å²) in [6, 6.07) is 7.74. The zero-order valence-corrected chi connectivity index (χ0v) is 17.0. The van der Waals surface area contributed by atoms with E-state index in [4.69, 9.17) is 9.47 Å². The summed E-state index contributed by atoms with van der Waals surface area (Å²) in [5.74, 6) is 1.01. The van der Waals surface area contributed by atoms with Gasteiger partial charge in [-0.3, -0.25) is 4.79 Å². The fourth-order valence-electron chi connectivity index (χ4n) is 3.51. The number of aromatic nitrogens is 4. The number of pyridine rings is 2. The maximum absolute atomic E-state index is 13.1. The van der Waals surface area contributed by atoms with Crippen LogP contribution < -0.4 is 20.3 Å². The van der Waals surface area contributed by atoms with Crippen molar-refractivity contribution in [3.63, 3.8) is 0 Å². The van der Waals surface area contributed by atoms with E-state index in [2.05, 4.69) is 25.7 Å². The Morgan fingerprint density at radius 3 is 2.84 bits per heavy atom. The number of methoxy groups -OCH3 is 1. The van der Waals surface area contributed by atoms with Crippen molar-refractivity contribution < 1.29 is 23.8 Å². The van der Waals surface area contributed by atoms with Gasteiger partial charge in [0.2, 0.25) is 11.8 Å². The third-order valence-electron chi connectivity index (χ3n) is 5.13. The summed E-state index contributed by atoms with van der Waals surface area (Å²) in [5, 5.41) is 21.2. The van der Waals surface area contributed by atoms with Crippen molar-refractivity contribution in [3.8, 4) is 5.88 Å². The van der Waals surface area contributed by atoms with Crippen LogP contribution >= 0.6 is 0 Å². The van der Waals surface area contributed by atoms with Crippen LogP contribution in [0.3, 0.4) is 0 Å². The number of hydrogen-bond acceptors (Lipinski definition) is 9. The van der Waals surface area contributed by atoms with Gasteiger partial charge < -0.3 is 30.1 Å². The average Bonchev–Trinajstić information content (AvgIpc) is 3.19. The van der Waals surface area contributed by atoms with Gasteiger partial charge in [-0.25, -0.2) is 14.1 Å². The number of fused-ring (bicyclic) bond motifs is 2. The number of nitrogens with one attached hydrogen (secondary N) is 2. The Kier molecular flexibility index (Phi) is 5.07. The second-order valence-corrected chi connectivity index (χ2v) is 7.35. The number of carbonyl (C=O) groups excluding carboxylic acids is 1. The fraction of sp³-hybridized carbons (Fsp3) is 0.300. The topological polar surface area (TPSA) is 127 Å². The first kappa shape index (κ1) is 20.2. The average molecular weight is 441 g/mol. The van der Waals surface area contributed by atoms with Crippen LogP contribution in [-0.2, 0) is 9.53 Å². The van der Waals surface area contributed by atoms with Crippen molar-refractivity contribution in [1.29, 1.82) is 0 Å². The molecule has 2 aliphatic heterocycles. The fourth-order valence-corrected chi connectivity index (χ4v) is 3.51. The molecule has 32 heavy (non-hydrogen) atoms. The number of carbonyl (C=O) groups is 1. The van der Waals surface area contributed by atoms with Crippen LogP contribution in [0.25, 0.3) is 0 Å². The maximum Gasteiger partial charge on any atom is 0.245 e. The predicted octanol–water partition coefficient (Wildman–Crippen LogP) is 1.26. The minimum Gasteiger partial charge on any atom is -0.481 e. The largest absolute Gasteiger partial charge is 0.481 e. The lowest BCUT2D eigenvalue weighted by Crippen LogP contribution is -2.40. The molecule has 1 fully saturated rings. The van der Waals surface area contributed by atoms with E-state index in [9.17, 15) is 14.3 Å². The number of halogens is 1. The quantitative estimate of drug-likeness (QED) is 0.518. The Morgan fingerprint density at radius 1 is 1.31 bits per heavy atom. The zero-order valence-electron chi connectivity index (χ0n) is 17.0. The molecule has 12 heteroatoms. The highest BCUT2D eigenvalue weighted by Crippen LogP contribution is 2.40. The first-order chi connectivity index (χ1) is 15.5. The van der Waals surface area contributed by atoms with Crippen LogP contribution in [-0.4, -0.2) is 63.7 Å². The van der Waals surface area contributed by atoms with Crippen LogP contribution in [0.15, 0.2) is 36.5 Å². The number of ether oxygens (including phenoxy) is 2. The molecule has 2 aliphatic rings. The highest BCUT2D eigenvalue weighted by atomic mass is 19.1. The highest BCUT2D eigenvalue weighted by Gasteiger charge is 2.34. The summed E-state index contributed by atoms with van der Waals surface area (Å²) in [7, 11) is 1.48. The smallest absolute Gasteiger partial charge is 0.245 e. The Morgan fingerprint density at radius 2 is 2.16 bits per heavy atom. The molecule has 0 aliphatic carbocycles. The molecule has 0 saturated carbocycles. The normalized spacial score (nSPS) is 17.2. The van der Waals surface area contributed by atoms with Gasteiger partial charge >= 0.3 is 0 Å². The molecule has 5 heterocycles. The number of aliphatic hydroxyl groups is 1. The molecule has 0 spiro atoms. The minimum atomic E-state index is -1.09. The standard InChI is InChI=1S/C20H20FN7O4/c1-31-17-5-3-13-19(25-17)27(8-16(29)24-14-4-2-11(21)7-22-14)18-6-15(23-12-9-32-10-12)26-28(18)20(13)30/h2-7,12,20,30H,8-10H2,1H3,(H,23,26)(H,22,24,29). The molecular formula is C20H20FN7O4. The van der Waals surface area contributed by atoms with Gasteiger partial charge in [-0.2, -0.15) is 10.1 Å². The molecule has 1 atom stereocenters. The van der Waals surface area contributed by atoms with E-state index < -0.39 is 18.0 Å². The van der Waals surface area contributed by atoms with Crippen LogP contribution in [0.1, 0.15) is 11.8 Å². The van der Waals surface area contributed by atoms with E-state index >= 15 is 0 Å². The molecule has 3 aromatic heterocycles. The number of hydrogen-bond donors (Lipinski definition) is 3. The summed E-state index contributed by atoms with van der Waals surface area (Å²) in [5.41, 5.74) is 0.465. The van der Waals surface area contributed by atoms with Crippen molar-refractivity contribution in [3.05, 3.63) is 47.9 Å². The van der Waals surface area contributed by atoms with E-state index in [1.165, 1.54) is 23.9 Å². The molecule has 5 rings (SSSR count). The third kappa shape index (κ3) is 3.69. The van der Waals surface area contributed by atoms with Gasteiger partial charge in [-0.15, -0.1) is 0 Å². The molecule has 3 aromatic rings. The molecule has 11 nitrogen and oxygen atoms in total. The number of anilines is 4. The van der Waals surface area contributed by atoms with Crippen LogP contribution in [0.2, 0.25) is 0 Å². The molecular weight excluding hydrogens is 421 g/mol. The summed E-state index contributed by atoms with van der Waals surface area (Å²) >= 11 is 0. The molecule has 0 aromatic carbocycles. The third-order valence-corrected chi connectivity index (χ3v) is 5.13. The Hall–Kier alpha value is -3.77. The van der Waals surface area contributed by atoms with Crippen LogP contribution in [0, 0.1) is 5.82 Å². The first-order valence-corrected chi connectivity index (χ1v) is 9.87. The molecule has 3 N–H and O–H groups in total. The predicted molar refractivity (Wildman–Crippen MR) is 111 cm³/mol. The van der Waals surface area contributed by atoms with Crippen molar-refractivity contribution in [2.75, 3.05) is 42.4 Å². The van der Waals surface area contributed by atoms with Gasteiger partial charge in [0, 0.05) is 17.7 Å². The number of aliphatic hydroxyl groups excluding tert-OH is 1. The Balaban J connectivity index is 1.47. The summed E-state index contributed by atoms with van der Waals surface area (Å²) in [6.07, 6.45) is -0.0733. The van der Waals surface area contributed by atoms with E-state index in [0.29, 0.717) is 42.1 Å². The maximum atomic E-state index is 13.1. The van der Waals surface area contributed by atoms with Gasteiger partial charge in [0.15, 0.2) is 12.0 Å². The van der Waals surface area contributed by atoms with Gasteiger partial charge in [0.1, 0.15) is 29.8 Å². The zero-order chi connectivity index (χ0) is 22.2. The number of rotatable bonds is 6. The number of amides is 1. The lowest BCUT2D eigenvalue weighted by molar-refractivity contribution is -0.114. The number of nitrogens with zero attached hydrogens (tertiary/aromatic N) is 5. The second kappa shape index (κ2) is 8.05. The van der Waals surface area contributed by atoms with E-state index in [1.807, 2.05) is 0 Å². The van der Waals surface area contributed by atoms with Gasteiger partial charge in [0.25, 0.3) is 0 Å². The highest BCUT2D eigenvalue weighted by molar-refractivity contribution is 5.94. The molecule has 0 radical (unpaired) electrons. The van der Waals surface area contributed by atoms with Gasteiger partial charge in [0.05, 0.1) is 32.6 Å². The Labute approximate surface area is 181 Å². The van der Waals surface area contributed by atoms with Crippen LogP contribution in [0.5, 0.6) is 5.88 Å². The SMILES string of the molecule is COc1ccc2c(n1)N(CC(=O)Nc1ccc(F)cn1)c1cc(NC3COC3)nn1C2O. The molecule has 166 valence electrons. The van der Waals surface area contributed by atoms with E-state index in [0.717, 1.165) is 6.20 Å². The summed E-state index contributed by atoms with van der Waals surface area (Å²) in [4.78, 5) is 22.7. The van der Waals surface area contributed by atoms with Crippen molar-refractivity contribution >= 4 is 29.2 Å². The minimum absolute atomic E-state index is 0.131. The van der Waals surface area contributed by atoms with Crippen molar-refractivity contribution in [1.82, 2.24) is 19.7 Å². The molecule has 0 bridgehead atoms. The van der Waals surface area contributed by atoms with E-state index in [1.54, 1.807) is 23.1 Å². The summed E-state index contributed by atoms with van der Waals surface area (Å²) in [6.45, 7) is 0.984. The summed E-state index contributed by atoms with van der Waals surface area (Å²) < 4.78 is 24.9. The van der Waals surface area contributed by atoms with Crippen molar-refractivity contribution in [2.45, 2.75) is 12.3 Å². The van der Waals surface area contributed by atoms with Crippen molar-refractivity contribution in [2.24, 2.45) is 0 Å². The Bertz CT molecular complexity index is 1150.